The summed E-state index contributed by atoms with van der Waals surface area (Å²) < 4.78 is 19.0. The maximum absolute atomic E-state index is 13.6. The number of ether oxygens (including phenoxy) is 1. The molecule has 2 aromatic carbocycles. The Morgan fingerprint density at radius 2 is 1.87 bits per heavy atom. The van der Waals surface area contributed by atoms with Gasteiger partial charge in [-0.15, -0.1) is 0 Å². The Bertz CT molecular complexity index is 871. The summed E-state index contributed by atoms with van der Waals surface area (Å²) in [6, 6.07) is 14.0. The summed E-state index contributed by atoms with van der Waals surface area (Å²) in [5, 5.41) is 2.79. The van der Waals surface area contributed by atoms with E-state index in [0.29, 0.717) is 30.9 Å². The van der Waals surface area contributed by atoms with E-state index in [-0.39, 0.29) is 24.2 Å². The zero-order valence-electron chi connectivity index (χ0n) is 17.4. The Morgan fingerprint density at radius 3 is 2.63 bits per heavy atom. The molecule has 0 saturated carbocycles. The number of para-hydroxylation sites is 1. The maximum Gasteiger partial charge on any atom is 0.227 e. The van der Waals surface area contributed by atoms with Crippen LogP contribution in [0, 0.1) is 11.7 Å². The first kappa shape index (κ1) is 21.8. The third-order valence-electron chi connectivity index (χ3n) is 5.62. The van der Waals surface area contributed by atoms with E-state index in [1.165, 1.54) is 6.07 Å². The molecule has 2 aromatic rings. The minimum atomic E-state index is -0.311. The quantitative estimate of drug-likeness (QED) is 0.719. The number of amides is 2. The van der Waals surface area contributed by atoms with Crippen molar-refractivity contribution in [2.45, 2.75) is 38.6 Å². The normalized spacial score (nSPS) is 16.2. The third kappa shape index (κ3) is 6.05. The summed E-state index contributed by atoms with van der Waals surface area (Å²) in [5.74, 6) is 0.726. The molecular formula is C24H29FN2O3. The highest BCUT2D eigenvalue weighted by Crippen LogP contribution is 2.23. The fourth-order valence-electron chi connectivity index (χ4n) is 3.91. The van der Waals surface area contributed by atoms with Gasteiger partial charge in [0, 0.05) is 37.2 Å². The minimum Gasteiger partial charge on any atom is -0.496 e. The van der Waals surface area contributed by atoms with Crippen molar-refractivity contribution in [1.82, 2.24) is 10.2 Å². The fourth-order valence-corrected chi connectivity index (χ4v) is 3.91. The molecule has 1 saturated heterocycles. The van der Waals surface area contributed by atoms with Gasteiger partial charge in [-0.25, -0.2) is 4.39 Å². The Hall–Kier alpha value is -2.89. The fraction of sp³-hybridized carbons (Fsp3) is 0.417. The van der Waals surface area contributed by atoms with Gasteiger partial charge in [-0.1, -0.05) is 36.4 Å². The molecule has 1 N–H and O–H groups in total. The number of carbonyl (C=O) groups excluding carboxylic acids is 2. The van der Waals surface area contributed by atoms with Crippen LogP contribution in [0.1, 0.15) is 36.8 Å². The van der Waals surface area contributed by atoms with Crippen LogP contribution in [0.3, 0.4) is 0 Å². The average molecular weight is 413 g/mol. The van der Waals surface area contributed by atoms with Crippen LogP contribution in [0.4, 0.5) is 4.39 Å². The van der Waals surface area contributed by atoms with Gasteiger partial charge in [-0.2, -0.15) is 0 Å². The van der Waals surface area contributed by atoms with Gasteiger partial charge < -0.3 is 15.0 Å². The summed E-state index contributed by atoms with van der Waals surface area (Å²) in [4.78, 5) is 26.8. The molecule has 0 aromatic heterocycles. The van der Waals surface area contributed by atoms with Crippen molar-refractivity contribution in [1.29, 1.82) is 0 Å². The second-order valence-corrected chi connectivity index (χ2v) is 7.74. The predicted octanol–water partition coefficient (Wildman–Crippen LogP) is 3.71. The summed E-state index contributed by atoms with van der Waals surface area (Å²) in [6.07, 6.45) is 3.38. The van der Waals surface area contributed by atoms with E-state index in [1.54, 1.807) is 25.3 Å². The first-order chi connectivity index (χ1) is 14.6. The second-order valence-electron chi connectivity index (χ2n) is 7.74. The highest BCUT2D eigenvalue weighted by molar-refractivity contribution is 5.79. The molecule has 1 heterocycles. The Morgan fingerprint density at radius 1 is 1.13 bits per heavy atom. The van der Waals surface area contributed by atoms with Crippen LogP contribution in [-0.2, 0) is 22.6 Å². The van der Waals surface area contributed by atoms with Crippen molar-refractivity contribution in [2.24, 2.45) is 5.92 Å². The number of benzene rings is 2. The van der Waals surface area contributed by atoms with Crippen LogP contribution < -0.4 is 10.1 Å². The number of halogens is 1. The van der Waals surface area contributed by atoms with E-state index < -0.39 is 0 Å². The highest BCUT2D eigenvalue weighted by Gasteiger charge is 2.24. The number of rotatable bonds is 8. The number of hydrogen-bond acceptors (Lipinski definition) is 3. The molecule has 5 nitrogen and oxygen atoms in total. The lowest BCUT2D eigenvalue weighted by Crippen LogP contribution is -2.41. The summed E-state index contributed by atoms with van der Waals surface area (Å²) in [6.45, 7) is 1.62. The zero-order chi connectivity index (χ0) is 21.3. The van der Waals surface area contributed by atoms with E-state index in [4.69, 9.17) is 4.74 Å². The van der Waals surface area contributed by atoms with Crippen molar-refractivity contribution in [3.8, 4) is 5.75 Å². The smallest absolute Gasteiger partial charge is 0.227 e. The summed E-state index contributed by atoms with van der Waals surface area (Å²) in [5.41, 5.74) is 1.37. The zero-order valence-corrected chi connectivity index (χ0v) is 17.4. The molecule has 0 aliphatic carbocycles. The molecule has 6 heteroatoms. The molecule has 1 aliphatic rings. The van der Waals surface area contributed by atoms with Crippen molar-refractivity contribution in [3.05, 3.63) is 65.5 Å². The number of piperidine rings is 1. The van der Waals surface area contributed by atoms with Gasteiger partial charge in [0.1, 0.15) is 11.6 Å². The molecule has 1 fully saturated rings. The van der Waals surface area contributed by atoms with E-state index >= 15 is 0 Å². The number of likely N-dealkylation sites (tertiary alicyclic amines) is 1. The number of nitrogens with one attached hydrogen (secondary N) is 1. The highest BCUT2D eigenvalue weighted by atomic mass is 19.1. The topological polar surface area (TPSA) is 58.6 Å². The van der Waals surface area contributed by atoms with Crippen molar-refractivity contribution < 1.29 is 18.7 Å². The first-order valence-electron chi connectivity index (χ1n) is 10.5. The molecule has 3 rings (SSSR count). The van der Waals surface area contributed by atoms with Crippen LogP contribution in [0.15, 0.2) is 48.5 Å². The minimum absolute atomic E-state index is 0.0873. The van der Waals surface area contributed by atoms with Gasteiger partial charge in [-0.05, 0) is 37.3 Å². The second kappa shape index (κ2) is 10.8. The van der Waals surface area contributed by atoms with Crippen molar-refractivity contribution in [3.63, 3.8) is 0 Å². The van der Waals surface area contributed by atoms with E-state index in [2.05, 4.69) is 5.32 Å². The lowest BCUT2D eigenvalue weighted by atomic mass is 9.92. The summed E-state index contributed by atoms with van der Waals surface area (Å²) in [7, 11) is 1.61. The van der Waals surface area contributed by atoms with Gasteiger partial charge >= 0.3 is 0 Å². The molecule has 30 heavy (non-hydrogen) atoms. The van der Waals surface area contributed by atoms with E-state index in [1.807, 2.05) is 29.2 Å². The van der Waals surface area contributed by atoms with Gasteiger partial charge in [0.25, 0.3) is 0 Å². The molecule has 1 aliphatic heterocycles. The molecule has 2 amide bonds. The predicted molar refractivity (Wildman–Crippen MR) is 113 cm³/mol. The molecule has 0 spiro atoms. The van der Waals surface area contributed by atoms with Crippen molar-refractivity contribution in [2.75, 3.05) is 20.2 Å². The molecule has 0 radical (unpaired) electrons. The number of nitrogens with zero attached hydrogens (tertiary/aromatic N) is 1. The molecular weight excluding hydrogens is 383 g/mol. The van der Waals surface area contributed by atoms with Crippen LogP contribution in [0.5, 0.6) is 5.75 Å². The lowest BCUT2D eigenvalue weighted by Gasteiger charge is -2.33. The van der Waals surface area contributed by atoms with Gasteiger partial charge in [0.2, 0.25) is 11.8 Å². The number of methoxy groups -OCH3 is 1. The van der Waals surface area contributed by atoms with E-state index in [9.17, 15) is 14.0 Å². The van der Waals surface area contributed by atoms with Crippen molar-refractivity contribution >= 4 is 11.8 Å². The average Bonchev–Trinajstić information content (AvgIpc) is 2.77. The SMILES string of the molecule is COc1ccccc1CC(=O)N1CCC[C@H](CCC(=O)NCc2ccccc2F)C1. The Kier molecular flexibility index (Phi) is 7.82. The maximum atomic E-state index is 13.6. The van der Waals surface area contributed by atoms with E-state index in [0.717, 1.165) is 37.1 Å². The first-order valence-corrected chi connectivity index (χ1v) is 10.5. The summed E-state index contributed by atoms with van der Waals surface area (Å²) >= 11 is 0. The molecule has 0 unspecified atom stereocenters. The van der Waals surface area contributed by atoms with Crippen LogP contribution in [-0.4, -0.2) is 36.9 Å². The standard InChI is InChI=1S/C24H29FN2O3/c1-30-22-11-5-3-8-19(22)15-24(29)27-14-6-7-18(17-27)12-13-23(28)26-16-20-9-2-4-10-21(20)25/h2-5,8-11,18H,6-7,12-17H2,1H3,(H,26,28)/t18-/m1/s1. The number of carbonyl (C=O) groups is 2. The lowest BCUT2D eigenvalue weighted by molar-refractivity contribution is -0.132. The van der Waals surface area contributed by atoms with Crippen LogP contribution >= 0.6 is 0 Å². The van der Waals surface area contributed by atoms with Gasteiger partial charge in [-0.3, -0.25) is 9.59 Å². The Balaban J connectivity index is 1.44. The molecule has 1 atom stereocenters. The monoisotopic (exact) mass is 412 g/mol. The molecule has 0 bridgehead atoms. The Labute approximate surface area is 177 Å². The van der Waals surface area contributed by atoms with Gasteiger partial charge in [0.05, 0.1) is 13.5 Å². The third-order valence-corrected chi connectivity index (χ3v) is 5.62. The number of hydrogen-bond donors (Lipinski definition) is 1. The van der Waals surface area contributed by atoms with Gasteiger partial charge in [0.15, 0.2) is 0 Å². The largest absolute Gasteiger partial charge is 0.496 e. The molecule has 160 valence electrons. The van der Waals surface area contributed by atoms with Crippen LogP contribution in [0.25, 0.3) is 0 Å². The van der Waals surface area contributed by atoms with Crippen LogP contribution in [0.2, 0.25) is 0 Å².